The molecule has 0 unspecified atom stereocenters. The Morgan fingerprint density at radius 2 is 2.14 bits per heavy atom. The molecule has 1 amide bonds. The number of fused-ring (bicyclic) bond motifs is 1. The minimum atomic E-state index is 0.0645. The second-order valence-corrected chi connectivity index (χ2v) is 5.75. The topological polar surface area (TPSA) is 59.2 Å². The van der Waals surface area contributed by atoms with Crippen LogP contribution in [0.3, 0.4) is 0 Å². The number of hydrogen-bond acceptors (Lipinski definition) is 3. The molecule has 4 heteroatoms. The Balaban J connectivity index is 1.95. The van der Waals surface area contributed by atoms with Gasteiger partial charge < -0.3 is 10.6 Å². The van der Waals surface area contributed by atoms with Gasteiger partial charge in [0.1, 0.15) is 5.82 Å². The first kappa shape index (κ1) is 13.9. The lowest BCUT2D eigenvalue weighted by Crippen LogP contribution is -2.37. The highest BCUT2D eigenvalue weighted by Crippen LogP contribution is 2.28. The number of pyridine rings is 1. The Morgan fingerprint density at radius 3 is 2.81 bits per heavy atom. The van der Waals surface area contributed by atoms with Crippen LogP contribution in [0, 0.1) is 5.92 Å². The minimum Gasteiger partial charge on any atom is -0.384 e. The number of nitrogen functional groups attached to an aromatic ring is 1. The minimum absolute atomic E-state index is 0.0645. The first-order chi connectivity index (χ1) is 10.2. The smallest absolute Gasteiger partial charge is 0.254 e. The third kappa shape index (κ3) is 2.71. The molecule has 0 bridgehead atoms. The fourth-order valence-corrected chi connectivity index (χ4v) is 2.89. The van der Waals surface area contributed by atoms with Gasteiger partial charge >= 0.3 is 0 Å². The van der Waals surface area contributed by atoms with Crippen LogP contribution in [0.4, 0.5) is 5.82 Å². The second kappa shape index (κ2) is 5.72. The largest absolute Gasteiger partial charge is 0.384 e. The maximum absolute atomic E-state index is 12.9. The molecular weight excluding hydrogens is 262 g/mol. The highest BCUT2D eigenvalue weighted by atomic mass is 16.2. The van der Waals surface area contributed by atoms with Crippen LogP contribution in [0.1, 0.15) is 36.5 Å². The predicted octanol–water partition coefficient (Wildman–Crippen LogP) is 3.08. The van der Waals surface area contributed by atoms with Crippen molar-refractivity contribution in [2.45, 2.75) is 26.2 Å². The van der Waals surface area contributed by atoms with E-state index in [-0.39, 0.29) is 5.91 Å². The fourth-order valence-electron chi connectivity index (χ4n) is 2.89. The molecule has 0 saturated heterocycles. The van der Waals surface area contributed by atoms with Gasteiger partial charge in [0.25, 0.3) is 5.91 Å². The molecule has 1 aromatic carbocycles. The van der Waals surface area contributed by atoms with Gasteiger partial charge in [-0.05, 0) is 37.8 Å². The van der Waals surface area contributed by atoms with Crippen LogP contribution in [0.5, 0.6) is 0 Å². The number of benzene rings is 1. The van der Waals surface area contributed by atoms with Gasteiger partial charge in [0.15, 0.2) is 0 Å². The van der Waals surface area contributed by atoms with Crippen molar-refractivity contribution in [1.29, 1.82) is 0 Å². The van der Waals surface area contributed by atoms with E-state index in [1.54, 1.807) is 6.07 Å². The van der Waals surface area contributed by atoms with Crippen molar-refractivity contribution < 1.29 is 4.79 Å². The van der Waals surface area contributed by atoms with Gasteiger partial charge in [-0.15, -0.1) is 0 Å². The van der Waals surface area contributed by atoms with Crippen LogP contribution in [0.25, 0.3) is 10.9 Å². The summed E-state index contributed by atoms with van der Waals surface area (Å²) in [4.78, 5) is 19.1. The lowest BCUT2D eigenvalue weighted by atomic mass is 9.85. The van der Waals surface area contributed by atoms with Crippen molar-refractivity contribution in [2.75, 3.05) is 18.8 Å². The standard InChI is InChI=1S/C17H21N3O/c1-2-20(11-12-6-5-7-12)17(21)14-10-16(18)19-15-9-4-3-8-13(14)15/h3-4,8-10,12H,2,5-7,11H2,1H3,(H2,18,19). The van der Waals surface area contributed by atoms with Crippen LogP contribution < -0.4 is 5.73 Å². The Morgan fingerprint density at radius 1 is 1.38 bits per heavy atom. The number of hydrogen-bond donors (Lipinski definition) is 1. The highest BCUT2D eigenvalue weighted by molar-refractivity contribution is 6.06. The number of nitrogens with two attached hydrogens (primary N) is 1. The van der Waals surface area contributed by atoms with E-state index in [2.05, 4.69) is 4.98 Å². The first-order valence-corrected chi connectivity index (χ1v) is 7.63. The summed E-state index contributed by atoms with van der Waals surface area (Å²) in [6.07, 6.45) is 3.77. The molecule has 2 N–H and O–H groups in total. The SMILES string of the molecule is CCN(CC1CCC1)C(=O)c1cc(N)nc2ccccc12. The molecule has 0 atom stereocenters. The number of amides is 1. The number of aromatic nitrogens is 1. The quantitative estimate of drug-likeness (QED) is 0.938. The molecule has 0 radical (unpaired) electrons. The van der Waals surface area contributed by atoms with E-state index < -0.39 is 0 Å². The van der Waals surface area contributed by atoms with E-state index in [0.29, 0.717) is 17.3 Å². The summed E-state index contributed by atoms with van der Waals surface area (Å²) in [5.41, 5.74) is 7.31. The lowest BCUT2D eigenvalue weighted by Gasteiger charge is -2.32. The van der Waals surface area contributed by atoms with Crippen LogP contribution in [0.15, 0.2) is 30.3 Å². The number of anilines is 1. The predicted molar refractivity (Wildman–Crippen MR) is 85.1 cm³/mol. The number of nitrogens with zero attached hydrogens (tertiary/aromatic N) is 2. The summed E-state index contributed by atoms with van der Waals surface area (Å²) in [6.45, 7) is 3.61. The van der Waals surface area contributed by atoms with E-state index in [0.717, 1.165) is 24.0 Å². The number of carbonyl (C=O) groups is 1. The Kier molecular flexibility index (Phi) is 3.78. The van der Waals surface area contributed by atoms with Crippen molar-refractivity contribution in [3.8, 4) is 0 Å². The summed E-state index contributed by atoms with van der Waals surface area (Å²) in [5, 5.41) is 0.878. The van der Waals surface area contributed by atoms with Crippen LogP contribution >= 0.6 is 0 Å². The maximum atomic E-state index is 12.9. The van der Waals surface area contributed by atoms with Crippen LogP contribution in [0.2, 0.25) is 0 Å². The lowest BCUT2D eigenvalue weighted by molar-refractivity contribution is 0.0708. The van der Waals surface area contributed by atoms with Gasteiger partial charge in [0.05, 0.1) is 11.1 Å². The molecule has 1 saturated carbocycles. The molecule has 1 aliphatic carbocycles. The Bertz CT molecular complexity index is 664. The summed E-state index contributed by atoms with van der Waals surface area (Å²) in [6, 6.07) is 9.37. The van der Waals surface area contributed by atoms with Gasteiger partial charge in [-0.25, -0.2) is 4.98 Å². The Hall–Kier alpha value is -2.10. The molecule has 110 valence electrons. The van der Waals surface area contributed by atoms with E-state index in [1.807, 2.05) is 36.1 Å². The zero-order chi connectivity index (χ0) is 14.8. The van der Waals surface area contributed by atoms with E-state index in [1.165, 1.54) is 19.3 Å². The average molecular weight is 283 g/mol. The normalized spacial score (nSPS) is 14.9. The molecule has 1 aliphatic rings. The number of rotatable bonds is 4. The fraction of sp³-hybridized carbons (Fsp3) is 0.412. The summed E-state index contributed by atoms with van der Waals surface area (Å²) in [7, 11) is 0. The molecule has 3 rings (SSSR count). The van der Waals surface area contributed by atoms with Crippen LogP contribution in [-0.4, -0.2) is 28.9 Å². The van der Waals surface area contributed by atoms with Crippen molar-refractivity contribution in [3.63, 3.8) is 0 Å². The molecule has 21 heavy (non-hydrogen) atoms. The second-order valence-electron chi connectivity index (χ2n) is 5.75. The van der Waals surface area contributed by atoms with E-state index in [9.17, 15) is 4.79 Å². The molecule has 1 heterocycles. The number of para-hydroxylation sites is 1. The molecule has 0 aliphatic heterocycles. The molecule has 4 nitrogen and oxygen atoms in total. The summed E-state index contributed by atoms with van der Waals surface area (Å²) in [5.74, 6) is 1.13. The maximum Gasteiger partial charge on any atom is 0.254 e. The van der Waals surface area contributed by atoms with Gasteiger partial charge in [0, 0.05) is 18.5 Å². The third-order valence-corrected chi connectivity index (χ3v) is 4.34. The zero-order valence-corrected chi connectivity index (χ0v) is 12.4. The highest BCUT2D eigenvalue weighted by Gasteiger charge is 2.24. The molecule has 1 fully saturated rings. The molecule has 2 aromatic rings. The van der Waals surface area contributed by atoms with Gasteiger partial charge in [0.2, 0.25) is 0 Å². The zero-order valence-electron chi connectivity index (χ0n) is 12.4. The van der Waals surface area contributed by atoms with Crippen molar-refractivity contribution in [1.82, 2.24) is 9.88 Å². The van der Waals surface area contributed by atoms with Gasteiger partial charge in [-0.3, -0.25) is 4.79 Å². The molecule has 1 aromatic heterocycles. The van der Waals surface area contributed by atoms with Crippen molar-refractivity contribution in [2.24, 2.45) is 5.92 Å². The molecular formula is C17H21N3O. The van der Waals surface area contributed by atoms with Crippen LogP contribution in [-0.2, 0) is 0 Å². The van der Waals surface area contributed by atoms with Gasteiger partial charge in [-0.2, -0.15) is 0 Å². The molecule has 0 spiro atoms. The average Bonchev–Trinajstić information content (AvgIpc) is 2.45. The van der Waals surface area contributed by atoms with E-state index >= 15 is 0 Å². The Labute approximate surface area is 125 Å². The van der Waals surface area contributed by atoms with E-state index in [4.69, 9.17) is 5.73 Å². The first-order valence-electron chi connectivity index (χ1n) is 7.63. The third-order valence-electron chi connectivity index (χ3n) is 4.34. The van der Waals surface area contributed by atoms with Crippen molar-refractivity contribution in [3.05, 3.63) is 35.9 Å². The summed E-state index contributed by atoms with van der Waals surface area (Å²) < 4.78 is 0. The van der Waals surface area contributed by atoms with Crippen molar-refractivity contribution >= 4 is 22.6 Å². The van der Waals surface area contributed by atoms with Gasteiger partial charge in [-0.1, -0.05) is 24.6 Å². The number of carbonyl (C=O) groups excluding carboxylic acids is 1. The summed E-state index contributed by atoms with van der Waals surface area (Å²) >= 11 is 0. The monoisotopic (exact) mass is 283 g/mol.